The largest absolute Gasteiger partial charge is 0.352 e. The van der Waals surface area contributed by atoms with Gasteiger partial charge < -0.3 is 10.6 Å². The first-order valence-corrected chi connectivity index (χ1v) is 7.55. The zero-order chi connectivity index (χ0) is 12.8. The smallest absolute Gasteiger partial charge is 0.191 e. The Morgan fingerprint density at radius 1 is 1.17 bits per heavy atom. The quantitative estimate of drug-likeness (QED) is 0.667. The van der Waals surface area contributed by atoms with Crippen molar-refractivity contribution in [2.24, 2.45) is 4.99 Å². The van der Waals surface area contributed by atoms with E-state index in [0.717, 1.165) is 19.0 Å². The number of nitrogens with zero attached hydrogens (tertiary/aromatic N) is 1. The molecule has 0 atom stereocenters. The predicted molar refractivity (Wildman–Crippen MR) is 80.4 cm³/mol. The molecule has 18 heavy (non-hydrogen) atoms. The van der Waals surface area contributed by atoms with Gasteiger partial charge in [0.2, 0.25) is 0 Å². The van der Waals surface area contributed by atoms with Gasteiger partial charge in [-0.1, -0.05) is 6.07 Å². The monoisotopic (exact) mass is 279 g/mol. The standard InChI is InChI=1S/C13H17N3S2/c1-10-5-7-18-12(10)9-16-13(14-2)15-8-11-4-3-6-17-11/h3-7H,8-9H2,1-2H3,(H2,14,15,16). The van der Waals surface area contributed by atoms with Crippen molar-refractivity contribution in [1.82, 2.24) is 10.6 Å². The molecule has 0 unspecified atom stereocenters. The summed E-state index contributed by atoms with van der Waals surface area (Å²) in [7, 11) is 1.80. The molecule has 0 radical (unpaired) electrons. The van der Waals surface area contributed by atoms with Gasteiger partial charge in [-0.05, 0) is 35.4 Å². The van der Waals surface area contributed by atoms with Crippen LogP contribution in [-0.2, 0) is 13.1 Å². The van der Waals surface area contributed by atoms with E-state index in [1.165, 1.54) is 15.3 Å². The molecule has 0 fully saturated rings. The van der Waals surface area contributed by atoms with Crippen LogP contribution in [0.3, 0.4) is 0 Å². The summed E-state index contributed by atoms with van der Waals surface area (Å²) in [6.45, 7) is 3.78. The average molecular weight is 279 g/mol. The Labute approximate surface area is 116 Å². The zero-order valence-corrected chi connectivity index (χ0v) is 12.2. The van der Waals surface area contributed by atoms with Gasteiger partial charge in [0, 0.05) is 16.8 Å². The molecule has 0 aliphatic rings. The maximum absolute atomic E-state index is 4.22. The van der Waals surface area contributed by atoms with Crippen LogP contribution in [-0.4, -0.2) is 13.0 Å². The molecule has 0 aromatic carbocycles. The molecular formula is C13H17N3S2. The van der Waals surface area contributed by atoms with Crippen LogP contribution in [0.25, 0.3) is 0 Å². The summed E-state index contributed by atoms with van der Waals surface area (Å²) in [5, 5.41) is 10.8. The fourth-order valence-electron chi connectivity index (χ4n) is 1.55. The maximum Gasteiger partial charge on any atom is 0.191 e. The van der Waals surface area contributed by atoms with Crippen molar-refractivity contribution in [3.63, 3.8) is 0 Å². The minimum atomic E-state index is 0.820. The van der Waals surface area contributed by atoms with Gasteiger partial charge in [0.25, 0.3) is 0 Å². The van der Waals surface area contributed by atoms with Gasteiger partial charge in [0.15, 0.2) is 5.96 Å². The minimum absolute atomic E-state index is 0.820. The summed E-state index contributed by atoms with van der Waals surface area (Å²) in [4.78, 5) is 6.89. The van der Waals surface area contributed by atoms with E-state index in [4.69, 9.17) is 0 Å². The lowest BCUT2D eigenvalue weighted by atomic mass is 10.3. The predicted octanol–water partition coefficient (Wildman–Crippen LogP) is 2.98. The van der Waals surface area contributed by atoms with E-state index in [-0.39, 0.29) is 0 Å². The molecular weight excluding hydrogens is 262 g/mol. The fourth-order valence-corrected chi connectivity index (χ4v) is 3.04. The third-order valence-corrected chi connectivity index (χ3v) is 4.52. The minimum Gasteiger partial charge on any atom is -0.352 e. The molecule has 2 rings (SSSR count). The molecule has 0 aliphatic carbocycles. The van der Waals surface area contributed by atoms with Gasteiger partial charge in [-0.2, -0.15) is 0 Å². The van der Waals surface area contributed by atoms with Crippen LogP contribution in [0.15, 0.2) is 34.0 Å². The highest BCUT2D eigenvalue weighted by atomic mass is 32.1. The Hall–Kier alpha value is -1.33. The summed E-state index contributed by atoms with van der Waals surface area (Å²) in [6.07, 6.45) is 0. The van der Waals surface area contributed by atoms with Crippen LogP contribution in [0.5, 0.6) is 0 Å². The molecule has 0 amide bonds. The Morgan fingerprint density at radius 3 is 2.61 bits per heavy atom. The molecule has 3 nitrogen and oxygen atoms in total. The molecule has 0 spiro atoms. The fraction of sp³-hybridized carbons (Fsp3) is 0.308. The maximum atomic E-state index is 4.22. The van der Waals surface area contributed by atoms with Gasteiger partial charge in [0.1, 0.15) is 0 Å². The van der Waals surface area contributed by atoms with E-state index in [1.807, 2.05) is 0 Å². The summed E-state index contributed by atoms with van der Waals surface area (Å²) < 4.78 is 0. The molecule has 0 aliphatic heterocycles. The van der Waals surface area contributed by atoms with Gasteiger partial charge in [0.05, 0.1) is 13.1 Å². The second-order valence-corrected chi connectivity index (χ2v) is 5.92. The van der Waals surface area contributed by atoms with Crippen molar-refractivity contribution in [2.75, 3.05) is 7.05 Å². The van der Waals surface area contributed by atoms with Crippen LogP contribution in [0, 0.1) is 6.92 Å². The number of guanidine groups is 1. The third-order valence-electron chi connectivity index (χ3n) is 2.62. The van der Waals surface area contributed by atoms with Crippen molar-refractivity contribution < 1.29 is 0 Å². The Morgan fingerprint density at radius 2 is 2.00 bits per heavy atom. The molecule has 2 N–H and O–H groups in total. The average Bonchev–Trinajstić information content (AvgIpc) is 3.01. The Kier molecular flexibility index (Phi) is 4.78. The van der Waals surface area contributed by atoms with Gasteiger partial charge in [-0.3, -0.25) is 4.99 Å². The van der Waals surface area contributed by atoms with Crippen LogP contribution >= 0.6 is 22.7 Å². The number of nitrogens with one attached hydrogen (secondary N) is 2. The molecule has 96 valence electrons. The molecule has 5 heteroatoms. The normalized spacial score (nSPS) is 11.6. The van der Waals surface area contributed by atoms with Crippen molar-refractivity contribution in [2.45, 2.75) is 20.0 Å². The van der Waals surface area contributed by atoms with Crippen molar-refractivity contribution in [3.05, 3.63) is 44.3 Å². The Bertz CT molecular complexity index is 500. The summed E-state index contributed by atoms with van der Waals surface area (Å²) in [5.41, 5.74) is 1.33. The first-order chi connectivity index (χ1) is 8.79. The highest BCUT2D eigenvalue weighted by Gasteiger charge is 2.02. The Balaban J connectivity index is 1.81. The number of aliphatic imine (C=N–C) groups is 1. The second kappa shape index (κ2) is 6.56. The number of hydrogen-bond donors (Lipinski definition) is 2. The van der Waals surface area contributed by atoms with Gasteiger partial charge in [-0.15, -0.1) is 22.7 Å². The van der Waals surface area contributed by atoms with Crippen molar-refractivity contribution in [1.29, 1.82) is 0 Å². The lowest BCUT2D eigenvalue weighted by Gasteiger charge is -2.10. The zero-order valence-electron chi connectivity index (χ0n) is 10.6. The van der Waals surface area contributed by atoms with Gasteiger partial charge >= 0.3 is 0 Å². The van der Waals surface area contributed by atoms with E-state index in [0.29, 0.717) is 0 Å². The SMILES string of the molecule is CN=C(NCc1cccs1)NCc1sccc1C. The lowest BCUT2D eigenvalue weighted by Crippen LogP contribution is -2.36. The molecule has 2 aromatic rings. The molecule has 2 aromatic heterocycles. The van der Waals surface area contributed by atoms with Crippen molar-refractivity contribution in [3.8, 4) is 0 Å². The number of hydrogen-bond acceptors (Lipinski definition) is 3. The van der Waals surface area contributed by atoms with Crippen LogP contribution < -0.4 is 10.6 Å². The molecule has 0 bridgehead atoms. The number of aryl methyl sites for hydroxylation is 1. The first-order valence-electron chi connectivity index (χ1n) is 5.79. The number of rotatable bonds is 4. The van der Waals surface area contributed by atoms with E-state index < -0.39 is 0 Å². The molecule has 0 saturated carbocycles. The third kappa shape index (κ3) is 3.58. The number of thiophene rings is 2. The van der Waals surface area contributed by atoms with E-state index >= 15 is 0 Å². The van der Waals surface area contributed by atoms with Crippen LogP contribution in [0.1, 0.15) is 15.3 Å². The van der Waals surface area contributed by atoms with E-state index in [2.05, 4.69) is 51.5 Å². The summed E-state index contributed by atoms with van der Waals surface area (Å²) >= 11 is 3.53. The second-order valence-electron chi connectivity index (χ2n) is 3.89. The summed E-state index contributed by atoms with van der Waals surface area (Å²) in [5.74, 6) is 0.844. The first kappa shape index (κ1) is 13.1. The molecule has 0 saturated heterocycles. The topological polar surface area (TPSA) is 36.4 Å². The van der Waals surface area contributed by atoms with E-state index in [9.17, 15) is 0 Å². The highest BCUT2D eigenvalue weighted by molar-refractivity contribution is 7.10. The highest BCUT2D eigenvalue weighted by Crippen LogP contribution is 2.14. The summed E-state index contributed by atoms with van der Waals surface area (Å²) in [6, 6.07) is 6.32. The van der Waals surface area contributed by atoms with Crippen molar-refractivity contribution >= 4 is 28.6 Å². The van der Waals surface area contributed by atoms with E-state index in [1.54, 1.807) is 29.7 Å². The van der Waals surface area contributed by atoms with Crippen LogP contribution in [0.4, 0.5) is 0 Å². The lowest BCUT2D eigenvalue weighted by molar-refractivity contribution is 0.820. The molecule has 2 heterocycles. The van der Waals surface area contributed by atoms with Crippen LogP contribution in [0.2, 0.25) is 0 Å². The van der Waals surface area contributed by atoms with Gasteiger partial charge in [-0.25, -0.2) is 0 Å².